The molecule has 3 aromatic rings. The standard InChI is InChI=1S/C17H14ClNO/c18-17-11-10-16(20-17)12-19-15-8-6-14(7-9-15)13-4-2-1-3-5-13/h1-11,19H,12H2. The maximum Gasteiger partial charge on any atom is 0.193 e. The van der Waals surface area contributed by atoms with Crippen LogP contribution in [0.5, 0.6) is 0 Å². The van der Waals surface area contributed by atoms with E-state index in [1.54, 1.807) is 6.07 Å². The van der Waals surface area contributed by atoms with Crippen LogP contribution in [0.3, 0.4) is 0 Å². The minimum absolute atomic E-state index is 0.418. The molecule has 2 nitrogen and oxygen atoms in total. The van der Waals surface area contributed by atoms with E-state index >= 15 is 0 Å². The Morgan fingerprint density at radius 3 is 2.15 bits per heavy atom. The fourth-order valence-electron chi connectivity index (χ4n) is 2.05. The van der Waals surface area contributed by atoms with Gasteiger partial charge in [0.1, 0.15) is 5.76 Å². The van der Waals surface area contributed by atoms with Crippen molar-refractivity contribution < 1.29 is 4.42 Å². The average molecular weight is 284 g/mol. The first-order valence-corrected chi connectivity index (χ1v) is 6.83. The number of furan rings is 1. The van der Waals surface area contributed by atoms with E-state index < -0.39 is 0 Å². The molecule has 0 saturated heterocycles. The zero-order chi connectivity index (χ0) is 13.8. The smallest absolute Gasteiger partial charge is 0.193 e. The predicted octanol–water partition coefficient (Wildman–Crippen LogP) is 5.21. The molecule has 0 saturated carbocycles. The molecule has 0 radical (unpaired) electrons. The van der Waals surface area contributed by atoms with Gasteiger partial charge in [0, 0.05) is 5.69 Å². The van der Waals surface area contributed by atoms with Crippen molar-refractivity contribution in [2.24, 2.45) is 0 Å². The molecule has 0 amide bonds. The number of anilines is 1. The Bertz CT molecular complexity index is 674. The van der Waals surface area contributed by atoms with Crippen molar-refractivity contribution in [1.29, 1.82) is 0 Å². The second-order valence-corrected chi connectivity index (χ2v) is 4.88. The summed E-state index contributed by atoms with van der Waals surface area (Å²) in [6.07, 6.45) is 0. The molecular weight excluding hydrogens is 270 g/mol. The first-order valence-electron chi connectivity index (χ1n) is 6.45. The molecule has 1 aromatic heterocycles. The monoisotopic (exact) mass is 283 g/mol. The van der Waals surface area contributed by atoms with Gasteiger partial charge in [-0.25, -0.2) is 0 Å². The number of nitrogens with one attached hydrogen (secondary N) is 1. The van der Waals surface area contributed by atoms with Crippen LogP contribution < -0.4 is 5.32 Å². The number of rotatable bonds is 4. The Labute approximate surface area is 123 Å². The van der Waals surface area contributed by atoms with Gasteiger partial charge < -0.3 is 9.73 Å². The molecule has 0 bridgehead atoms. The summed E-state index contributed by atoms with van der Waals surface area (Å²) < 4.78 is 5.30. The highest BCUT2D eigenvalue weighted by molar-refractivity contribution is 6.28. The topological polar surface area (TPSA) is 25.2 Å². The second-order valence-electron chi connectivity index (χ2n) is 4.50. The largest absolute Gasteiger partial charge is 0.448 e. The Morgan fingerprint density at radius 2 is 1.50 bits per heavy atom. The molecule has 0 aliphatic rings. The third kappa shape index (κ3) is 3.03. The van der Waals surface area contributed by atoms with Crippen LogP contribution in [0.4, 0.5) is 5.69 Å². The molecule has 3 heteroatoms. The van der Waals surface area contributed by atoms with Crippen molar-refractivity contribution in [3.05, 3.63) is 77.7 Å². The summed E-state index contributed by atoms with van der Waals surface area (Å²) in [5, 5.41) is 3.72. The zero-order valence-corrected chi connectivity index (χ0v) is 11.6. The number of halogens is 1. The van der Waals surface area contributed by atoms with Crippen molar-refractivity contribution in [2.45, 2.75) is 6.54 Å². The molecule has 0 fully saturated rings. The SMILES string of the molecule is Clc1ccc(CNc2ccc(-c3ccccc3)cc2)o1. The van der Waals surface area contributed by atoms with Crippen LogP contribution in [0.15, 0.2) is 71.1 Å². The van der Waals surface area contributed by atoms with Crippen molar-refractivity contribution in [2.75, 3.05) is 5.32 Å². The maximum atomic E-state index is 5.74. The highest BCUT2D eigenvalue weighted by Gasteiger charge is 2.00. The van der Waals surface area contributed by atoms with Gasteiger partial charge in [-0.3, -0.25) is 0 Å². The molecular formula is C17H14ClNO. The van der Waals surface area contributed by atoms with Gasteiger partial charge in [-0.2, -0.15) is 0 Å². The molecule has 2 aromatic carbocycles. The highest BCUT2D eigenvalue weighted by Crippen LogP contribution is 2.21. The number of hydrogen-bond donors (Lipinski definition) is 1. The molecule has 1 N–H and O–H groups in total. The second kappa shape index (κ2) is 5.85. The fraction of sp³-hybridized carbons (Fsp3) is 0.0588. The van der Waals surface area contributed by atoms with Crippen LogP contribution in [-0.4, -0.2) is 0 Å². The normalized spacial score (nSPS) is 10.4. The lowest BCUT2D eigenvalue weighted by Gasteiger charge is -2.06. The Balaban J connectivity index is 1.67. The van der Waals surface area contributed by atoms with Crippen LogP contribution in [-0.2, 0) is 6.54 Å². The summed E-state index contributed by atoms with van der Waals surface area (Å²) in [6.45, 7) is 0.622. The summed E-state index contributed by atoms with van der Waals surface area (Å²) >= 11 is 5.74. The van der Waals surface area contributed by atoms with Gasteiger partial charge >= 0.3 is 0 Å². The highest BCUT2D eigenvalue weighted by atomic mass is 35.5. The molecule has 100 valence electrons. The van der Waals surface area contributed by atoms with E-state index in [2.05, 4.69) is 41.7 Å². The number of benzene rings is 2. The Morgan fingerprint density at radius 1 is 0.800 bits per heavy atom. The van der Waals surface area contributed by atoms with Crippen LogP contribution >= 0.6 is 11.6 Å². The van der Waals surface area contributed by atoms with Gasteiger partial charge in [-0.05, 0) is 47.0 Å². The minimum Gasteiger partial charge on any atom is -0.448 e. The van der Waals surface area contributed by atoms with E-state index in [1.807, 2.05) is 24.3 Å². The van der Waals surface area contributed by atoms with Gasteiger partial charge in [-0.1, -0.05) is 42.5 Å². The van der Waals surface area contributed by atoms with Gasteiger partial charge in [0.25, 0.3) is 0 Å². The molecule has 0 aliphatic heterocycles. The lowest BCUT2D eigenvalue weighted by atomic mass is 10.1. The lowest BCUT2D eigenvalue weighted by molar-refractivity contribution is 0.520. The summed E-state index contributed by atoms with van der Waals surface area (Å²) in [4.78, 5) is 0. The summed E-state index contributed by atoms with van der Waals surface area (Å²) in [5.74, 6) is 0.821. The Hall–Kier alpha value is -2.19. The molecule has 1 heterocycles. The van der Waals surface area contributed by atoms with Crippen molar-refractivity contribution in [1.82, 2.24) is 0 Å². The zero-order valence-electron chi connectivity index (χ0n) is 10.8. The van der Waals surface area contributed by atoms with Gasteiger partial charge in [0.2, 0.25) is 0 Å². The third-order valence-electron chi connectivity index (χ3n) is 3.09. The lowest BCUT2D eigenvalue weighted by Crippen LogP contribution is -1.97. The summed E-state index contributed by atoms with van der Waals surface area (Å²) in [5.41, 5.74) is 3.48. The summed E-state index contributed by atoms with van der Waals surface area (Å²) in [6, 6.07) is 22.3. The van der Waals surface area contributed by atoms with Crippen molar-refractivity contribution >= 4 is 17.3 Å². The Kier molecular flexibility index (Phi) is 3.75. The molecule has 0 unspecified atom stereocenters. The molecule has 0 spiro atoms. The quantitative estimate of drug-likeness (QED) is 0.711. The van der Waals surface area contributed by atoms with Crippen LogP contribution in [0.1, 0.15) is 5.76 Å². The number of hydrogen-bond acceptors (Lipinski definition) is 2. The van der Waals surface area contributed by atoms with E-state index in [1.165, 1.54) is 11.1 Å². The third-order valence-corrected chi connectivity index (χ3v) is 3.29. The maximum absolute atomic E-state index is 5.74. The first-order chi connectivity index (χ1) is 9.81. The van der Waals surface area contributed by atoms with E-state index in [-0.39, 0.29) is 0 Å². The van der Waals surface area contributed by atoms with Gasteiger partial charge in [0.05, 0.1) is 6.54 Å². The molecule has 0 aliphatic carbocycles. The average Bonchev–Trinajstić information content (AvgIpc) is 2.92. The summed E-state index contributed by atoms with van der Waals surface area (Å²) in [7, 11) is 0. The van der Waals surface area contributed by atoms with Crippen molar-refractivity contribution in [3.8, 4) is 11.1 Å². The van der Waals surface area contributed by atoms with E-state index in [4.69, 9.17) is 16.0 Å². The molecule has 20 heavy (non-hydrogen) atoms. The van der Waals surface area contributed by atoms with E-state index in [0.717, 1.165) is 11.4 Å². The van der Waals surface area contributed by atoms with Gasteiger partial charge in [0.15, 0.2) is 5.22 Å². The van der Waals surface area contributed by atoms with Crippen molar-refractivity contribution in [3.63, 3.8) is 0 Å². The predicted molar refractivity (Wildman–Crippen MR) is 82.9 cm³/mol. The van der Waals surface area contributed by atoms with Gasteiger partial charge in [-0.15, -0.1) is 0 Å². The fourth-order valence-corrected chi connectivity index (χ4v) is 2.21. The molecule has 3 rings (SSSR count). The van der Waals surface area contributed by atoms with Crippen LogP contribution in [0.2, 0.25) is 5.22 Å². The molecule has 0 atom stereocenters. The van der Waals surface area contributed by atoms with E-state index in [9.17, 15) is 0 Å². The van der Waals surface area contributed by atoms with Crippen LogP contribution in [0, 0.1) is 0 Å². The minimum atomic E-state index is 0.418. The first kappa shape index (κ1) is 12.8. The van der Waals surface area contributed by atoms with Crippen LogP contribution in [0.25, 0.3) is 11.1 Å². The van der Waals surface area contributed by atoms with E-state index in [0.29, 0.717) is 11.8 Å².